The van der Waals surface area contributed by atoms with Crippen LogP contribution in [0.15, 0.2) is 53.3 Å². The highest BCUT2D eigenvalue weighted by Crippen LogP contribution is 2.29. The average molecular weight is 464 g/mol. The van der Waals surface area contributed by atoms with E-state index in [1.54, 1.807) is 6.20 Å². The van der Waals surface area contributed by atoms with Gasteiger partial charge in [-0.2, -0.15) is 4.98 Å². The molecule has 34 heavy (non-hydrogen) atoms. The van der Waals surface area contributed by atoms with Gasteiger partial charge in [-0.1, -0.05) is 23.4 Å². The monoisotopic (exact) mass is 464 g/mol. The van der Waals surface area contributed by atoms with Gasteiger partial charge in [-0.3, -0.25) is 9.30 Å². The van der Waals surface area contributed by atoms with E-state index in [9.17, 15) is 9.90 Å². The Morgan fingerprint density at radius 3 is 3.06 bits per heavy atom. The molecule has 176 valence electrons. The Balaban J connectivity index is 1.39. The molecule has 0 saturated carbocycles. The van der Waals surface area contributed by atoms with Crippen LogP contribution in [0.1, 0.15) is 29.4 Å². The number of aliphatic hydroxyl groups is 1. The first-order chi connectivity index (χ1) is 16.5. The lowest BCUT2D eigenvalue weighted by Gasteiger charge is -2.31. The second-order valence-corrected chi connectivity index (χ2v) is 7.90. The van der Waals surface area contributed by atoms with E-state index in [4.69, 9.17) is 14.0 Å². The minimum absolute atomic E-state index is 0.239. The third-order valence-electron chi connectivity index (χ3n) is 5.78. The molecule has 0 aliphatic carbocycles. The van der Waals surface area contributed by atoms with Gasteiger partial charge in [0.2, 0.25) is 5.82 Å². The van der Waals surface area contributed by atoms with Crippen LogP contribution >= 0.6 is 0 Å². The molecule has 1 saturated heterocycles. The number of morpholine rings is 1. The molecule has 1 aliphatic heterocycles. The maximum atomic E-state index is 12.1. The number of methoxy groups -OCH3 is 1. The summed E-state index contributed by atoms with van der Waals surface area (Å²) in [6.45, 7) is 2.95. The number of carbonyl (C=O) groups is 1. The molecule has 0 radical (unpaired) electrons. The number of hydrogen-bond donors (Lipinski definition) is 2. The van der Waals surface area contributed by atoms with Gasteiger partial charge in [0.1, 0.15) is 11.7 Å². The van der Waals surface area contributed by atoms with Gasteiger partial charge in [0, 0.05) is 24.0 Å². The van der Waals surface area contributed by atoms with Crippen molar-refractivity contribution >= 4 is 17.4 Å². The number of carbonyl (C=O) groups excluding carboxylic acids is 1. The van der Waals surface area contributed by atoms with Gasteiger partial charge in [0.25, 0.3) is 5.89 Å². The predicted octanol–water partition coefficient (Wildman–Crippen LogP) is 2.94. The Bertz CT molecular complexity index is 1320. The van der Waals surface area contributed by atoms with Crippen LogP contribution in [0.3, 0.4) is 0 Å². The molecule has 5 rings (SSSR count). The maximum absolute atomic E-state index is 12.1. The van der Waals surface area contributed by atoms with E-state index >= 15 is 0 Å². The third-order valence-corrected chi connectivity index (χ3v) is 5.78. The summed E-state index contributed by atoms with van der Waals surface area (Å²) in [5.74, 6) is 0.624. The zero-order chi connectivity index (χ0) is 23.7. The summed E-state index contributed by atoms with van der Waals surface area (Å²) in [4.78, 5) is 22.4. The van der Waals surface area contributed by atoms with Crippen molar-refractivity contribution in [1.29, 1.82) is 0 Å². The average Bonchev–Trinajstić information content (AvgIpc) is 3.53. The molecule has 1 fully saturated rings. The number of nitrogens with zero attached hydrogens (tertiary/aromatic N) is 5. The van der Waals surface area contributed by atoms with Crippen LogP contribution in [0.5, 0.6) is 0 Å². The van der Waals surface area contributed by atoms with Gasteiger partial charge in [-0.15, -0.1) is 0 Å². The van der Waals surface area contributed by atoms with Crippen molar-refractivity contribution in [2.45, 2.75) is 19.2 Å². The molecule has 2 unspecified atom stereocenters. The molecular weight excluding hydrogens is 440 g/mol. The first-order valence-corrected chi connectivity index (χ1v) is 10.8. The van der Waals surface area contributed by atoms with Gasteiger partial charge >= 0.3 is 6.09 Å². The van der Waals surface area contributed by atoms with Crippen LogP contribution in [-0.4, -0.2) is 62.5 Å². The summed E-state index contributed by atoms with van der Waals surface area (Å²) in [5.41, 5.74) is 3.69. The standard InChI is InChI=1S/C23H24N6O5/c1-14-6-7-15(11-16(14)25-21(30)17-12-24-19-5-3-4-8-28(17)19)20-26-22(34-27-20)18-13-33-10-9-29(18)23(31)32-2/h3-8,11-12,18,21,25,30H,9-10,13H2,1-2H3. The number of hydrogen-bond acceptors (Lipinski definition) is 9. The van der Waals surface area contributed by atoms with Crippen molar-refractivity contribution in [2.75, 3.05) is 32.2 Å². The molecule has 0 bridgehead atoms. The van der Waals surface area contributed by atoms with E-state index in [0.717, 1.165) is 11.2 Å². The topological polar surface area (TPSA) is 127 Å². The quantitative estimate of drug-likeness (QED) is 0.429. The number of imidazole rings is 1. The van der Waals surface area contributed by atoms with E-state index in [1.807, 2.05) is 53.9 Å². The molecule has 2 atom stereocenters. The first-order valence-electron chi connectivity index (χ1n) is 10.8. The van der Waals surface area contributed by atoms with Crippen LogP contribution in [0.25, 0.3) is 17.0 Å². The molecule has 4 heterocycles. The van der Waals surface area contributed by atoms with Crippen molar-refractivity contribution in [1.82, 2.24) is 24.4 Å². The van der Waals surface area contributed by atoms with Gasteiger partial charge < -0.3 is 24.4 Å². The zero-order valence-electron chi connectivity index (χ0n) is 18.7. The number of benzene rings is 1. The number of amides is 1. The van der Waals surface area contributed by atoms with Crippen LogP contribution in [-0.2, 0) is 9.47 Å². The lowest BCUT2D eigenvalue weighted by Crippen LogP contribution is -2.43. The Morgan fingerprint density at radius 1 is 1.32 bits per heavy atom. The zero-order valence-corrected chi connectivity index (χ0v) is 18.7. The molecule has 1 amide bonds. The predicted molar refractivity (Wildman–Crippen MR) is 121 cm³/mol. The molecular formula is C23H24N6O5. The number of rotatable bonds is 5. The SMILES string of the molecule is COC(=O)N1CCOCC1c1nc(-c2ccc(C)c(NC(O)c3cnc4ccccn34)c2)no1. The first kappa shape index (κ1) is 21.9. The summed E-state index contributed by atoms with van der Waals surface area (Å²) in [6, 6.07) is 10.7. The minimum atomic E-state index is -0.986. The Kier molecular flexibility index (Phi) is 5.86. The normalized spacial score (nSPS) is 17.0. The number of pyridine rings is 1. The van der Waals surface area contributed by atoms with Crippen molar-refractivity contribution in [3.8, 4) is 11.4 Å². The van der Waals surface area contributed by atoms with Crippen LogP contribution in [0.2, 0.25) is 0 Å². The van der Waals surface area contributed by atoms with Crippen molar-refractivity contribution in [3.05, 3.63) is 65.9 Å². The fraction of sp³-hybridized carbons (Fsp3) is 0.304. The number of anilines is 1. The highest BCUT2D eigenvalue weighted by Gasteiger charge is 2.33. The van der Waals surface area contributed by atoms with E-state index < -0.39 is 18.4 Å². The summed E-state index contributed by atoms with van der Waals surface area (Å²) in [6.07, 6.45) is 2.02. The number of fused-ring (bicyclic) bond motifs is 1. The molecule has 1 aromatic carbocycles. The molecule has 1 aliphatic rings. The number of aliphatic hydroxyl groups excluding tert-OH is 1. The van der Waals surface area contributed by atoms with Crippen molar-refractivity contribution in [2.24, 2.45) is 0 Å². The third kappa shape index (κ3) is 4.06. The summed E-state index contributed by atoms with van der Waals surface area (Å²) < 4.78 is 17.6. The molecule has 0 spiro atoms. The van der Waals surface area contributed by atoms with Gasteiger partial charge in [0.05, 0.1) is 32.2 Å². The largest absolute Gasteiger partial charge is 0.453 e. The fourth-order valence-corrected chi connectivity index (χ4v) is 3.92. The van der Waals surface area contributed by atoms with E-state index in [1.165, 1.54) is 12.0 Å². The van der Waals surface area contributed by atoms with E-state index in [-0.39, 0.29) is 12.5 Å². The minimum Gasteiger partial charge on any atom is -0.453 e. The second-order valence-electron chi connectivity index (χ2n) is 7.90. The summed E-state index contributed by atoms with van der Waals surface area (Å²) in [7, 11) is 1.33. The molecule has 11 heteroatoms. The lowest BCUT2D eigenvalue weighted by molar-refractivity contribution is -0.0153. The highest BCUT2D eigenvalue weighted by atomic mass is 16.5. The number of aromatic nitrogens is 4. The summed E-state index contributed by atoms with van der Waals surface area (Å²) >= 11 is 0. The number of ether oxygens (including phenoxy) is 2. The Hall–Kier alpha value is -3.96. The van der Waals surface area contributed by atoms with Crippen LogP contribution < -0.4 is 5.32 Å². The lowest BCUT2D eigenvalue weighted by atomic mass is 10.1. The summed E-state index contributed by atoms with van der Waals surface area (Å²) in [5, 5.41) is 18.1. The number of nitrogens with one attached hydrogen (secondary N) is 1. The maximum Gasteiger partial charge on any atom is 0.410 e. The van der Waals surface area contributed by atoms with E-state index in [0.29, 0.717) is 35.9 Å². The molecule has 2 N–H and O–H groups in total. The molecule has 4 aromatic rings. The van der Waals surface area contributed by atoms with Crippen molar-refractivity contribution < 1.29 is 23.9 Å². The van der Waals surface area contributed by atoms with Crippen molar-refractivity contribution in [3.63, 3.8) is 0 Å². The van der Waals surface area contributed by atoms with Gasteiger partial charge in [-0.25, -0.2) is 9.78 Å². The fourth-order valence-electron chi connectivity index (χ4n) is 3.92. The van der Waals surface area contributed by atoms with E-state index in [2.05, 4.69) is 20.4 Å². The van der Waals surface area contributed by atoms with Gasteiger partial charge in [0.15, 0.2) is 6.23 Å². The second kappa shape index (κ2) is 9.12. The highest BCUT2D eigenvalue weighted by molar-refractivity contribution is 5.68. The van der Waals surface area contributed by atoms with Crippen LogP contribution in [0, 0.1) is 6.92 Å². The molecule has 11 nitrogen and oxygen atoms in total. The molecule has 3 aromatic heterocycles. The van der Waals surface area contributed by atoms with Crippen LogP contribution in [0.4, 0.5) is 10.5 Å². The Labute approximate surface area is 194 Å². The smallest absolute Gasteiger partial charge is 0.410 e. The Morgan fingerprint density at radius 2 is 2.21 bits per heavy atom. The number of aryl methyl sites for hydroxylation is 1. The van der Waals surface area contributed by atoms with Gasteiger partial charge in [-0.05, 0) is 30.7 Å².